The minimum atomic E-state index is -1.41. The minimum absolute atomic E-state index is 0.106. The number of aliphatic hydroxyl groups is 3. The molecule has 2 heterocycles. The zero-order valence-electron chi connectivity index (χ0n) is 11.2. The quantitative estimate of drug-likeness (QED) is 0.462. The molecule has 0 spiro atoms. The van der Waals surface area contributed by atoms with Crippen molar-refractivity contribution in [1.29, 1.82) is 0 Å². The van der Waals surface area contributed by atoms with Crippen LogP contribution in [-0.2, 0) is 9.47 Å². The molecule has 21 heavy (non-hydrogen) atoms. The Morgan fingerprint density at radius 3 is 2.71 bits per heavy atom. The van der Waals surface area contributed by atoms with Crippen LogP contribution in [0.25, 0.3) is 6.08 Å². The topological polar surface area (TPSA) is 134 Å². The molecule has 116 valence electrons. The molecule has 1 aromatic heterocycles. The van der Waals surface area contributed by atoms with E-state index in [4.69, 9.17) is 14.6 Å². The highest BCUT2D eigenvalue weighted by atomic mass is 16.6. The first-order valence-electron chi connectivity index (χ1n) is 6.17. The Morgan fingerprint density at radius 2 is 2.14 bits per heavy atom. The van der Waals surface area contributed by atoms with Gasteiger partial charge in [-0.3, -0.25) is 14.3 Å². The summed E-state index contributed by atoms with van der Waals surface area (Å²) < 4.78 is 10.9. The summed E-state index contributed by atoms with van der Waals surface area (Å²) in [5.74, 6) is 0. The average molecular weight is 300 g/mol. The molecule has 0 aliphatic carbocycles. The minimum Gasteiger partial charge on any atom is -0.504 e. The van der Waals surface area contributed by atoms with Crippen LogP contribution in [0.4, 0.5) is 0 Å². The van der Waals surface area contributed by atoms with Gasteiger partial charge in [0.05, 0.1) is 25.5 Å². The van der Waals surface area contributed by atoms with E-state index in [1.54, 1.807) is 0 Å². The lowest BCUT2D eigenvalue weighted by Gasteiger charge is -2.17. The van der Waals surface area contributed by atoms with E-state index in [1.807, 2.05) is 0 Å². The molecule has 4 N–H and O–H groups in total. The number of aromatic nitrogens is 2. The largest absolute Gasteiger partial charge is 0.504 e. The van der Waals surface area contributed by atoms with Crippen molar-refractivity contribution >= 4 is 6.08 Å². The van der Waals surface area contributed by atoms with Gasteiger partial charge in [-0.25, -0.2) is 4.79 Å². The first kappa shape index (κ1) is 15.4. The normalized spacial score (nSPS) is 29.1. The standard InChI is InChI=1S/C12H16N2O7/c1-20-3-2-6-4-14(12(19)13-10(6)18)11-9(17)8(16)7(5-15)21-11/h2-4,7-9,11,15-17H,5H2,1H3,(H,13,18,19)/t7-,8-,9-,11-/m1/s1. The number of methoxy groups -OCH3 is 1. The Bertz CT molecular complexity index is 635. The Kier molecular flexibility index (Phi) is 4.58. The van der Waals surface area contributed by atoms with Gasteiger partial charge in [0.15, 0.2) is 6.23 Å². The molecule has 1 aliphatic heterocycles. The maximum absolute atomic E-state index is 11.8. The number of nitrogens with zero attached hydrogens (tertiary/aromatic N) is 1. The monoisotopic (exact) mass is 300 g/mol. The summed E-state index contributed by atoms with van der Waals surface area (Å²) in [4.78, 5) is 25.5. The number of aliphatic hydroxyl groups excluding tert-OH is 3. The molecule has 0 aromatic carbocycles. The van der Waals surface area contributed by atoms with Crippen molar-refractivity contribution < 1.29 is 24.8 Å². The third-order valence-electron chi connectivity index (χ3n) is 3.17. The SMILES string of the molecule is COC=Cc1cn([C@@H]2O[C@H](CO)[C@@H](O)[C@H]2O)c(=O)[nH]c1=O. The van der Waals surface area contributed by atoms with Crippen LogP contribution in [0.2, 0.25) is 0 Å². The Balaban J connectivity index is 2.42. The van der Waals surface area contributed by atoms with Crippen LogP contribution < -0.4 is 11.2 Å². The summed E-state index contributed by atoms with van der Waals surface area (Å²) in [5, 5.41) is 28.6. The molecule has 0 unspecified atom stereocenters. The molecule has 0 radical (unpaired) electrons. The van der Waals surface area contributed by atoms with Crippen molar-refractivity contribution in [3.05, 3.63) is 38.9 Å². The molecular weight excluding hydrogens is 284 g/mol. The zero-order valence-corrected chi connectivity index (χ0v) is 11.2. The molecule has 0 saturated carbocycles. The fraction of sp³-hybridized carbons (Fsp3) is 0.500. The summed E-state index contributed by atoms with van der Waals surface area (Å²) >= 11 is 0. The maximum atomic E-state index is 11.8. The molecule has 4 atom stereocenters. The number of nitrogens with one attached hydrogen (secondary N) is 1. The van der Waals surface area contributed by atoms with Gasteiger partial charge >= 0.3 is 5.69 Å². The second kappa shape index (κ2) is 6.22. The molecule has 0 amide bonds. The molecule has 1 aliphatic rings. The molecule has 0 bridgehead atoms. The lowest BCUT2D eigenvalue weighted by Crippen LogP contribution is -2.38. The maximum Gasteiger partial charge on any atom is 0.330 e. The van der Waals surface area contributed by atoms with Crippen molar-refractivity contribution in [3.8, 4) is 0 Å². The van der Waals surface area contributed by atoms with Crippen LogP contribution in [0.15, 0.2) is 22.0 Å². The van der Waals surface area contributed by atoms with Gasteiger partial charge in [-0.15, -0.1) is 0 Å². The highest BCUT2D eigenvalue weighted by Gasteiger charge is 2.43. The Hall–Kier alpha value is -1.94. The average Bonchev–Trinajstić information content (AvgIpc) is 2.74. The van der Waals surface area contributed by atoms with Crippen LogP contribution in [0.1, 0.15) is 11.8 Å². The summed E-state index contributed by atoms with van der Waals surface area (Å²) in [5.41, 5.74) is -1.32. The Morgan fingerprint density at radius 1 is 1.43 bits per heavy atom. The lowest BCUT2D eigenvalue weighted by molar-refractivity contribution is -0.0550. The first-order valence-corrected chi connectivity index (χ1v) is 6.17. The molecule has 1 saturated heterocycles. The number of aromatic amines is 1. The number of H-pyrrole nitrogens is 1. The van der Waals surface area contributed by atoms with E-state index in [0.29, 0.717) is 0 Å². The number of hydrogen-bond donors (Lipinski definition) is 4. The van der Waals surface area contributed by atoms with Crippen molar-refractivity contribution in [2.75, 3.05) is 13.7 Å². The predicted molar refractivity (Wildman–Crippen MR) is 70.4 cm³/mol. The Labute approximate surface area is 118 Å². The number of rotatable bonds is 4. The van der Waals surface area contributed by atoms with E-state index >= 15 is 0 Å². The van der Waals surface area contributed by atoms with E-state index in [0.717, 1.165) is 4.57 Å². The van der Waals surface area contributed by atoms with E-state index in [2.05, 4.69) is 4.98 Å². The molecular formula is C12H16N2O7. The second-order valence-corrected chi connectivity index (χ2v) is 4.52. The van der Waals surface area contributed by atoms with Gasteiger partial charge in [0.25, 0.3) is 5.56 Å². The van der Waals surface area contributed by atoms with Crippen molar-refractivity contribution in [2.24, 2.45) is 0 Å². The zero-order chi connectivity index (χ0) is 15.6. The van der Waals surface area contributed by atoms with Crippen molar-refractivity contribution in [1.82, 2.24) is 9.55 Å². The predicted octanol–water partition coefficient (Wildman–Crippen LogP) is -2.23. The summed E-state index contributed by atoms with van der Waals surface area (Å²) in [6, 6.07) is 0. The second-order valence-electron chi connectivity index (χ2n) is 4.52. The summed E-state index contributed by atoms with van der Waals surface area (Å²) in [6.45, 7) is -0.511. The third-order valence-corrected chi connectivity index (χ3v) is 3.17. The van der Waals surface area contributed by atoms with Crippen LogP contribution >= 0.6 is 0 Å². The molecule has 1 aromatic rings. The molecule has 2 rings (SSSR count). The summed E-state index contributed by atoms with van der Waals surface area (Å²) in [6.07, 6.45) is -1.22. The van der Waals surface area contributed by atoms with Crippen LogP contribution in [0.3, 0.4) is 0 Å². The highest BCUT2D eigenvalue weighted by molar-refractivity contribution is 5.45. The smallest absolute Gasteiger partial charge is 0.330 e. The van der Waals surface area contributed by atoms with Crippen LogP contribution in [0.5, 0.6) is 0 Å². The lowest BCUT2D eigenvalue weighted by atomic mass is 10.1. The molecule has 9 heteroatoms. The van der Waals surface area contributed by atoms with Gasteiger partial charge < -0.3 is 24.8 Å². The fourth-order valence-corrected chi connectivity index (χ4v) is 2.06. The van der Waals surface area contributed by atoms with Gasteiger partial charge in [-0.05, 0) is 6.08 Å². The van der Waals surface area contributed by atoms with E-state index in [1.165, 1.54) is 25.6 Å². The fourth-order valence-electron chi connectivity index (χ4n) is 2.06. The van der Waals surface area contributed by atoms with Gasteiger partial charge in [0.2, 0.25) is 0 Å². The van der Waals surface area contributed by atoms with Crippen molar-refractivity contribution in [3.63, 3.8) is 0 Å². The van der Waals surface area contributed by atoms with Crippen LogP contribution in [0, 0.1) is 0 Å². The molecule has 9 nitrogen and oxygen atoms in total. The van der Waals surface area contributed by atoms with E-state index < -0.39 is 42.4 Å². The number of ether oxygens (including phenoxy) is 2. The van der Waals surface area contributed by atoms with Gasteiger partial charge in [-0.1, -0.05) is 0 Å². The van der Waals surface area contributed by atoms with Gasteiger partial charge in [0, 0.05) is 6.20 Å². The van der Waals surface area contributed by atoms with E-state index in [-0.39, 0.29) is 5.56 Å². The highest BCUT2D eigenvalue weighted by Crippen LogP contribution is 2.27. The van der Waals surface area contributed by atoms with Crippen LogP contribution in [-0.4, -0.2) is 56.9 Å². The van der Waals surface area contributed by atoms with E-state index in [9.17, 15) is 19.8 Å². The van der Waals surface area contributed by atoms with Gasteiger partial charge in [-0.2, -0.15) is 0 Å². The summed E-state index contributed by atoms with van der Waals surface area (Å²) in [7, 11) is 1.40. The number of hydrogen-bond acceptors (Lipinski definition) is 7. The third kappa shape index (κ3) is 2.90. The van der Waals surface area contributed by atoms with Crippen molar-refractivity contribution in [2.45, 2.75) is 24.5 Å². The van der Waals surface area contributed by atoms with Gasteiger partial charge in [0.1, 0.15) is 18.3 Å². The molecule has 1 fully saturated rings. The first-order chi connectivity index (χ1) is 9.99.